The normalized spacial score (nSPS) is 18.1. The minimum absolute atomic E-state index is 0.0626. The third-order valence-electron chi connectivity index (χ3n) is 4.17. The Bertz CT molecular complexity index is 388. The van der Waals surface area contributed by atoms with E-state index in [2.05, 4.69) is 17.3 Å². The van der Waals surface area contributed by atoms with Crippen molar-refractivity contribution < 1.29 is 4.39 Å². The number of halogens is 1. The van der Waals surface area contributed by atoms with Crippen molar-refractivity contribution >= 4 is 0 Å². The molecule has 0 saturated heterocycles. The lowest BCUT2D eigenvalue weighted by atomic mass is 10.0. The molecule has 1 N–H and O–H groups in total. The molecule has 2 nitrogen and oxygen atoms in total. The Morgan fingerprint density at radius 3 is 2.63 bits per heavy atom. The highest BCUT2D eigenvalue weighted by Gasteiger charge is 2.20. The molecule has 2 rings (SSSR count). The second-order valence-corrected chi connectivity index (χ2v) is 5.73. The van der Waals surface area contributed by atoms with Crippen LogP contribution in [-0.2, 0) is 0 Å². The van der Waals surface area contributed by atoms with Gasteiger partial charge in [-0.05, 0) is 38.9 Å². The fourth-order valence-corrected chi connectivity index (χ4v) is 3.12. The van der Waals surface area contributed by atoms with E-state index >= 15 is 0 Å². The van der Waals surface area contributed by atoms with Gasteiger partial charge in [0.15, 0.2) is 0 Å². The number of likely N-dealkylation sites (N-methyl/N-ethyl adjacent to an activating group) is 2. The van der Waals surface area contributed by atoms with E-state index in [1.807, 2.05) is 19.2 Å². The molecule has 0 amide bonds. The molecular formula is C16H25FN2. The van der Waals surface area contributed by atoms with E-state index in [4.69, 9.17) is 0 Å². The largest absolute Gasteiger partial charge is 0.312 e. The highest BCUT2D eigenvalue weighted by Crippen LogP contribution is 2.26. The Morgan fingerprint density at radius 1 is 1.32 bits per heavy atom. The summed E-state index contributed by atoms with van der Waals surface area (Å²) in [5, 5.41) is 3.23. The zero-order valence-electron chi connectivity index (χ0n) is 12.0. The molecule has 106 valence electrons. The van der Waals surface area contributed by atoms with Crippen LogP contribution in [0.25, 0.3) is 0 Å². The Hall–Kier alpha value is -0.930. The number of rotatable bonds is 6. The molecule has 1 aliphatic carbocycles. The summed E-state index contributed by atoms with van der Waals surface area (Å²) in [5.74, 6) is 0.722. The lowest BCUT2D eigenvalue weighted by Gasteiger charge is -2.26. The van der Waals surface area contributed by atoms with Gasteiger partial charge in [-0.3, -0.25) is 0 Å². The topological polar surface area (TPSA) is 15.3 Å². The third-order valence-corrected chi connectivity index (χ3v) is 4.17. The van der Waals surface area contributed by atoms with Gasteiger partial charge in [0, 0.05) is 24.7 Å². The number of hydrogen-bond donors (Lipinski definition) is 1. The highest BCUT2D eigenvalue weighted by atomic mass is 19.1. The van der Waals surface area contributed by atoms with Crippen LogP contribution in [0.5, 0.6) is 0 Å². The summed E-state index contributed by atoms with van der Waals surface area (Å²) < 4.78 is 13.8. The maximum atomic E-state index is 13.8. The van der Waals surface area contributed by atoms with Gasteiger partial charge in [-0.2, -0.15) is 0 Å². The fourth-order valence-electron chi connectivity index (χ4n) is 3.12. The number of nitrogens with one attached hydrogen (secondary N) is 1. The SMILES string of the molecule is CNC(CN(C)CC1CCCC1)c1ccccc1F. The number of nitrogens with zero attached hydrogens (tertiary/aromatic N) is 1. The predicted octanol–water partition coefficient (Wildman–Crippen LogP) is 3.21. The van der Waals surface area contributed by atoms with E-state index < -0.39 is 0 Å². The standard InChI is InChI=1S/C16H25FN2/c1-18-16(14-9-5-6-10-15(14)17)12-19(2)11-13-7-3-4-8-13/h5-6,9-10,13,16,18H,3-4,7-8,11-12H2,1-2H3. The first-order chi connectivity index (χ1) is 9.20. The van der Waals surface area contributed by atoms with Crippen molar-refractivity contribution in [1.82, 2.24) is 10.2 Å². The lowest BCUT2D eigenvalue weighted by Crippen LogP contribution is -2.34. The molecule has 1 saturated carbocycles. The summed E-state index contributed by atoms with van der Waals surface area (Å²) in [5.41, 5.74) is 0.767. The van der Waals surface area contributed by atoms with Crippen molar-refractivity contribution in [2.75, 3.05) is 27.2 Å². The Kier molecular flexibility index (Phi) is 5.34. The molecule has 1 aromatic carbocycles. The molecule has 0 bridgehead atoms. The molecule has 1 aromatic rings. The van der Waals surface area contributed by atoms with Crippen LogP contribution < -0.4 is 5.32 Å². The Balaban J connectivity index is 1.93. The smallest absolute Gasteiger partial charge is 0.128 e. The second kappa shape index (κ2) is 7.01. The van der Waals surface area contributed by atoms with Gasteiger partial charge in [0.2, 0.25) is 0 Å². The van der Waals surface area contributed by atoms with Crippen LogP contribution in [-0.4, -0.2) is 32.1 Å². The third kappa shape index (κ3) is 4.02. The average molecular weight is 264 g/mol. The van der Waals surface area contributed by atoms with Crippen LogP contribution in [0.15, 0.2) is 24.3 Å². The molecule has 3 heteroatoms. The molecule has 0 aromatic heterocycles. The van der Waals surface area contributed by atoms with Gasteiger partial charge in [-0.1, -0.05) is 31.0 Å². The molecule has 0 spiro atoms. The summed E-state index contributed by atoms with van der Waals surface area (Å²) >= 11 is 0. The maximum Gasteiger partial charge on any atom is 0.128 e. The van der Waals surface area contributed by atoms with Crippen molar-refractivity contribution in [2.24, 2.45) is 5.92 Å². The first kappa shape index (κ1) is 14.5. The number of hydrogen-bond acceptors (Lipinski definition) is 2. The van der Waals surface area contributed by atoms with Gasteiger partial charge < -0.3 is 10.2 Å². The maximum absolute atomic E-state index is 13.8. The fraction of sp³-hybridized carbons (Fsp3) is 0.625. The monoisotopic (exact) mass is 264 g/mol. The van der Waals surface area contributed by atoms with Gasteiger partial charge >= 0.3 is 0 Å². The van der Waals surface area contributed by atoms with Crippen molar-refractivity contribution in [3.8, 4) is 0 Å². The van der Waals surface area contributed by atoms with Gasteiger partial charge in [0.25, 0.3) is 0 Å². The van der Waals surface area contributed by atoms with Crippen molar-refractivity contribution in [2.45, 2.75) is 31.7 Å². The summed E-state index contributed by atoms with van der Waals surface area (Å²) in [6, 6.07) is 7.12. The van der Waals surface area contributed by atoms with Gasteiger partial charge in [0.05, 0.1) is 0 Å². The zero-order valence-corrected chi connectivity index (χ0v) is 12.0. The van der Waals surface area contributed by atoms with Crippen LogP contribution >= 0.6 is 0 Å². The average Bonchev–Trinajstić information content (AvgIpc) is 2.89. The molecule has 1 unspecified atom stereocenters. The molecule has 1 fully saturated rings. The van der Waals surface area contributed by atoms with Gasteiger partial charge in [-0.15, -0.1) is 0 Å². The molecule has 0 heterocycles. The first-order valence-electron chi connectivity index (χ1n) is 7.31. The van der Waals surface area contributed by atoms with Crippen molar-refractivity contribution in [3.05, 3.63) is 35.6 Å². The van der Waals surface area contributed by atoms with Crippen LogP contribution in [0.2, 0.25) is 0 Å². The van der Waals surface area contributed by atoms with Gasteiger partial charge in [0.1, 0.15) is 5.82 Å². The van der Waals surface area contributed by atoms with Crippen LogP contribution in [0.4, 0.5) is 4.39 Å². The van der Waals surface area contributed by atoms with E-state index in [9.17, 15) is 4.39 Å². The summed E-state index contributed by atoms with van der Waals surface area (Å²) in [6.07, 6.45) is 5.46. The van der Waals surface area contributed by atoms with E-state index in [0.29, 0.717) is 0 Å². The van der Waals surface area contributed by atoms with Crippen LogP contribution in [0.1, 0.15) is 37.3 Å². The minimum Gasteiger partial charge on any atom is -0.312 e. The highest BCUT2D eigenvalue weighted by molar-refractivity contribution is 5.21. The molecule has 1 atom stereocenters. The molecule has 1 aliphatic rings. The molecular weight excluding hydrogens is 239 g/mol. The number of benzene rings is 1. The van der Waals surface area contributed by atoms with E-state index in [1.54, 1.807) is 6.07 Å². The van der Waals surface area contributed by atoms with E-state index in [-0.39, 0.29) is 11.9 Å². The van der Waals surface area contributed by atoms with E-state index in [1.165, 1.54) is 31.7 Å². The van der Waals surface area contributed by atoms with Crippen LogP contribution in [0, 0.1) is 11.7 Å². The summed E-state index contributed by atoms with van der Waals surface area (Å²) in [6.45, 7) is 1.99. The van der Waals surface area contributed by atoms with E-state index in [0.717, 1.165) is 24.6 Å². The minimum atomic E-state index is -0.115. The van der Waals surface area contributed by atoms with Gasteiger partial charge in [-0.25, -0.2) is 4.39 Å². The Labute approximate surface area is 116 Å². The molecule has 19 heavy (non-hydrogen) atoms. The quantitative estimate of drug-likeness (QED) is 0.849. The zero-order chi connectivity index (χ0) is 13.7. The summed E-state index contributed by atoms with van der Waals surface area (Å²) in [7, 11) is 4.05. The van der Waals surface area contributed by atoms with Crippen molar-refractivity contribution in [3.63, 3.8) is 0 Å². The second-order valence-electron chi connectivity index (χ2n) is 5.73. The van der Waals surface area contributed by atoms with Crippen LogP contribution in [0.3, 0.4) is 0 Å². The Morgan fingerprint density at radius 2 is 2.00 bits per heavy atom. The summed E-state index contributed by atoms with van der Waals surface area (Å²) in [4.78, 5) is 2.34. The molecule has 0 aliphatic heterocycles. The van der Waals surface area contributed by atoms with Crippen molar-refractivity contribution in [1.29, 1.82) is 0 Å². The predicted molar refractivity (Wildman–Crippen MR) is 77.7 cm³/mol. The lowest BCUT2D eigenvalue weighted by molar-refractivity contribution is 0.251. The molecule has 0 radical (unpaired) electrons. The first-order valence-corrected chi connectivity index (χ1v) is 7.31.